The topological polar surface area (TPSA) is 76.7 Å². The first-order chi connectivity index (χ1) is 12.2. The second kappa shape index (κ2) is 11.1. The molecule has 0 aromatic heterocycles. The van der Waals surface area contributed by atoms with Crippen LogP contribution in [0.3, 0.4) is 0 Å². The molecule has 1 aromatic rings. The number of esters is 1. The molecule has 0 aliphatic rings. The molecule has 1 rings (SSSR count). The van der Waals surface area contributed by atoms with Crippen LogP contribution in [-0.2, 0) is 14.3 Å². The standard InChI is InChI=1S/C19H30N2O4S/c1-6-25-18(23)12-21-17(22)11-20-16(13-26-19(2,3)4)14-7-9-15(24-5)10-8-14/h7-10,16,20H,6,11-13H2,1-5H3,(H,21,22). The Morgan fingerprint density at radius 2 is 1.81 bits per heavy atom. The van der Waals surface area contributed by atoms with Crippen molar-refractivity contribution in [2.45, 2.75) is 38.5 Å². The number of amides is 1. The van der Waals surface area contributed by atoms with E-state index in [-0.39, 0.29) is 29.8 Å². The molecular weight excluding hydrogens is 352 g/mol. The van der Waals surface area contributed by atoms with Crippen LogP contribution in [-0.4, -0.2) is 49.2 Å². The number of nitrogens with one attached hydrogen (secondary N) is 2. The van der Waals surface area contributed by atoms with Crippen LogP contribution in [0.25, 0.3) is 0 Å². The highest BCUT2D eigenvalue weighted by Crippen LogP contribution is 2.29. The van der Waals surface area contributed by atoms with E-state index >= 15 is 0 Å². The Kier molecular flexibility index (Phi) is 9.51. The third-order valence-corrected chi connectivity index (χ3v) is 4.81. The molecular formula is C19H30N2O4S. The number of ether oxygens (including phenoxy) is 2. The predicted molar refractivity (Wildman–Crippen MR) is 106 cm³/mol. The molecule has 0 fully saturated rings. The Labute approximate surface area is 160 Å². The van der Waals surface area contributed by atoms with Gasteiger partial charge in [-0.05, 0) is 24.6 Å². The molecule has 2 N–H and O–H groups in total. The predicted octanol–water partition coefficient (Wildman–Crippen LogP) is 2.54. The summed E-state index contributed by atoms with van der Waals surface area (Å²) in [5, 5.41) is 5.84. The van der Waals surface area contributed by atoms with Crippen LogP contribution in [0.1, 0.15) is 39.3 Å². The summed E-state index contributed by atoms with van der Waals surface area (Å²) in [7, 11) is 1.63. The number of carbonyl (C=O) groups is 2. The zero-order valence-corrected chi connectivity index (χ0v) is 17.1. The van der Waals surface area contributed by atoms with Crippen LogP contribution in [0, 0.1) is 0 Å². The van der Waals surface area contributed by atoms with Gasteiger partial charge in [0.2, 0.25) is 5.91 Å². The fraction of sp³-hybridized carbons (Fsp3) is 0.579. The molecule has 0 aliphatic heterocycles. The quantitative estimate of drug-likeness (QED) is 0.606. The summed E-state index contributed by atoms with van der Waals surface area (Å²) in [6.45, 7) is 8.53. The molecule has 0 heterocycles. The Hall–Kier alpha value is -1.73. The largest absolute Gasteiger partial charge is 0.497 e. The third kappa shape index (κ3) is 9.10. The number of methoxy groups -OCH3 is 1. The minimum absolute atomic E-state index is 0.0125. The van der Waals surface area contributed by atoms with E-state index in [0.717, 1.165) is 17.1 Å². The zero-order chi connectivity index (χ0) is 19.6. The second-order valence-electron chi connectivity index (χ2n) is 6.71. The normalized spacial score (nSPS) is 12.3. The minimum atomic E-state index is -0.434. The molecule has 0 radical (unpaired) electrons. The first-order valence-electron chi connectivity index (χ1n) is 8.68. The van der Waals surface area contributed by atoms with E-state index in [0.29, 0.717) is 6.61 Å². The van der Waals surface area contributed by atoms with Gasteiger partial charge in [0.1, 0.15) is 12.3 Å². The number of hydrogen-bond donors (Lipinski definition) is 2. The summed E-state index contributed by atoms with van der Waals surface area (Å²) in [5.74, 6) is 0.942. The summed E-state index contributed by atoms with van der Waals surface area (Å²) in [6.07, 6.45) is 0. The van der Waals surface area contributed by atoms with Gasteiger partial charge in [-0.1, -0.05) is 32.9 Å². The monoisotopic (exact) mass is 382 g/mol. The van der Waals surface area contributed by atoms with Crippen molar-refractivity contribution < 1.29 is 19.1 Å². The molecule has 0 spiro atoms. The molecule has 7 heteroatoms. The highest BCUT2D eigenvalue weighted by Gasteiger charge is 2.18. The fourth-order valence-electron chi connectivity index (χ4n) is 2.10. The van der Waals surface area contributed by atoms with Crippen LogP contribution in [0.15, 0.2) is 24.3 Å². The number of hydrogen-bond acceptors (Lipinski definition) is 6. The van der Waals surface area contributed by atoms with Gasteiger partial charge < -0.3 is 20.1 Å². The van der Waals surface area contributed by atoms with Gasteiger partial charge in [-0.25, -0.2) is 0 Å². The van der Waals surface area contributed by atoms with E-state index in [1.54, 1.807) is 14.0 Å². The van der Waals surface area contributed by atoms with Crippen LogP contribution in [0.5, 0.6) is 5.75 Å². The van der Waals surface area contributed by atoms with Crippen LogP contribution < -0.4 is 15.4 Å². The third-order valence-electron chi connectivity index (χ3n) is 3.45. The SMILES string of the molecule is CCOC(=O)CNC(=O)CNC(CSC(C)(C)C)c1ccc(OC)cc1. The summed E-state index contributed by atoms with van der Waals surface area (Å²) < 4.78 is 10.1. The van der Waals surface area contributed by atoms with Crippen molar-refractivity contribution >= 4 is 23.6 Å². The fourth-order valence-corrected chi connectivity index (χ4v) is 3.08. The Morgan fingerprint density at radius 1 is 1.15 bits per heavy atom. The second-order valence-corrected chi connectivity index (χ2v) is 8.56. The lowest BCUT2D eigenvalue weighted by Gasteiger charge is -2.24. The van der Waals surface area contributed by atoms with Crippen molar-refractivity contribution in [2.75, 3.05) is 32.6 Å². The van der Waals surface area contributed by atoms with Crippen molar-refractivity contribution in [1.29, 1.82) is 0 Å². The summed E-state index contributed by atoms with van der Waals surface area (Å²) >= 11 is 1.82. The molecule has 0 saturated carbocycles. The first kappa shape index (κ1) is 22.3. The average Bonchev–Trinajstić information content (AvgIpc) is 2.59. The molecule has 146 valence electrons. The van der Waals surface area contributed by atoms with Gasteiger partial charge in [0.05, 0.1) is 20.3 Å². The molecule has 26 heavy (non-hydrogen) atoms. The Balaban J connectivity index is 2.63. The van der Waals surface area contributed by atoms with E-state index in [1.807, 2.05) is 36.0 Å². The average molecular weight is 383 g/mol. The summed E-state index contributed by atoms with van der Waals surface area (Å²) in [6, 6.07) is 7.82. The summed E-state index contributed by atoms with van der Waals surface area (Å²) in [5.41, 5.74) is 1.08. The van der Waals surface area contributed by atoms with Gasteiger partial charge in [-0.3, -0.25) is 9.59 Å². The maximum atomic E-state index is 12.0. The van der Waals surface area contributed by atoms with E-state index in [2.05, 4.69) is 31.4 Å². The molecule has 1 amide bonds. The van der Waals surface area contributed by atoms with Gasteiger partial charge in [0, 0.05) is 16.5 Å². The molecule has 0 bridgehead atoms. The van der Waals surface area contributed by atoms with E-state index in [9.17, 15) is 9.59 Å². The van der Waals surface area contributed by atoms with Crippen molar-refractivity contribution in [1.82, 2.24) is 10.6 Å². The molecule has 0 saturated heterocycles. The van der Waals surface area contributed by atoms with E-state index in [4.69, 9.17) is 9.47 Å². The van der Waals surface area contributed by atoms with Crippen LogP contribution in [0.2, 0.25) is 0 Å². The Morgan fingerprint density at radius 3 is 2.35 bits per heavy atom. The van der Waals surface area contributed by atoms with Crippen molar-refractivity contribution in [2.24, 2.45) is 0 Å². The van der Waals surface area contributed by atoms with Gasteiger partial charge in [0.25, 0.3) is 0 Å². The smallest absolute Gasteiger partial charge is 0.325 e. The molecule has 1 aromatic carbocycles. The van der Waals surface area contributed by atoms with Gasteiger partial charge in [0.15, 0.2) is 0 Å². The highest BCUT2D eigenvalue weighted by atomic mass is 32.2. The van der Waals surface area contributed by atoms with Gasteiger partial charge >= 0.3 is 5.97 Å². The van der Waals surface area contributed by atoms with Crippen LogP contribution in [0.4, 0.5) is 0 Å². The maximum absolute atomic E-state index is 12.0. The lowest BCUT2D eigenvalue weighted by Crippen LogP contribution is -2.39. The van der Waals surface area contributed by atoms with Crippen LogP contribution >= 0.6 is 11.8 Å². The van der Waals surface area contributed by atoms with E-state index < -0.39 is 5.97 Å². The van der Waals surface area contributed by atoms with Crippen molar-refractivity contribution in [3.63, 3.8) is 0 Å². The number of rotatable bonds is 10. The summed E-state index contributed by atoms with van der Waals surface area (Å²) in [4.78, 5) is 23.3. The van der Waals surface area contributed by atoms with Crippen molar-refractivity contribution in [3.8, 4) is 5.75 Å². The van der Waals surface area contributed by atoms with Gasteiger partial charge in [-0.2, -0.15) is 11.8 Å². The molecule has 6 nitrogen and oxygen atoms in total. The molecule has 0 aliphatic carbocycles. The first-order valence-corrected chi connectivity index (χ1v) is 9.67. The highest BCUT2D eigenvalue weighted by molar-refractivity contribution is 8.00. The minimum Gasteiger partial charge on any atom is -0.497 e. The van der Waals surface area contributed by atoms with Crippen molar-refractivity contribution in [3.05, 3.63) is 29.8 Å². The molecule has 1 atom stereocenters. The number of thioether (sulfide) groups is 1. The maximum Gasteiger partial charge on any atom is 0.325 e. The number of benzene rings is 1. The lowest BCUT2D eigenvalue weighted by molar-refractivity contribution is -0.143. The van der Waals surface area contributed by atoms with Gasteiger partial charge in [-0.15, -0.1) is 0 Å². The number of carbonyl (C=O) groups excluding carboxylic acids is 2. The lowest BCUT2D eigenvalue weighted by atomic mass is 10.1. The Bertz CT molecular complexity index is 570. The molecule has 1 unspecified atom stereocenters. The zero-order valence-electron chi connectivity index (χ0n) is 16.3. The van der Waals surface area contributed by atoms with E-state index in [1.165, 1.54) is 0 Å².